The molecule has 5 nitrogen and oxygen atoms in total. The first kappa shape index (κ1) is 14.3. The Hall–Kier alpha value is -1.10. The molecule has 108 valence electrons. The smallest absolute Gasteiger partial charge is 0.248 e. The van der Waals surface area contributed by atoms with Gasteiger partial charge in [0.1, 0.15) is 6.61 Å². The normalized spacial score (nSPS) is 23.4. The van der Waals surface area contributed by atoms with Crippen LogP contribution >= 0.6 is 0 Å². The van der Waals surface area contributed by atoms with E-state index in [1.54, 1.807) is 0 Å². The van der Waals surface area contributed by atoms with Crippen molar-refractivity contribution in [2.45, 2.75) is 45.1 Å². The van der Waals surface area contributed by atoms with E-state index in [2.05, 4.69) is 6.92 Å². The molecule has 2 saturated heterocycles. The highest BCUT2D eigenvalue weighted by Crippen LogP contribution is 2.14. The maximum absolute atomic E-state index is 11.9. The molecule has 2 heterocycles. The summed E-state index contributed by atoms with van der Waals surface area (Å²) in [6.07, 6.45) is 4.82. The lowest BCUT2D eigenvalue weighted by atomic mass is 10.1. The molecule has 0 aromatic rings. The Bertz CT molecular complexity index is 333. The number of hydrogen-bond acceptors (Lipinski definition) is 3. The minimum absolute atomic E-state index is 0.0703. The average Bonchev–Trinajstić information content (AvgIpc) is 2.61. The van der Waals surface area contributed by atoms with Gasteiger partial charge < -0.3 is 14.5 Å². The molecule has 2 rings (SSSR count). The molecule has 0 saturated carbocycles. The maximum Gasteiger partial charge on any atom is 0.248 e. The molecule has 0 aromatic carbocycles. The van der Waals surface area contributed by atoms with Crippen molar-refractivity contribution in [2.75, 3.05) is 32.8 Å². The van der Waals surface area contributed by atoms with Crippen LogP contribution in [-0.4, -0.2) is 60.5 Å². The van der Waals surface area contributed by atoms with Gasteiger partial charge >= 0.3 is 0 Å². The van der Waals surface area contributed by atoms with E-state index in [0.717, 1.165) is 38.8 Å². The molecule has 0 radical (unpaired) electrons. The van der Waals surface area contributed by atoms with Gasteiger partial charge in [0, 0.05) is 32.1 Å². The molecule has 0 N–H and O–H groups in total. The number of carbonyl (C=O) groups is 2. The maximum atomic E-state index is 11.9. The van der Waals surface area contributed by atoms with Crippen molar-refractivity contribution in [2.24, 2.45) is 0 Å². The predicted molar refractivity (Wildman–Crippen MR) is 71.7 cm³/mol. The van der Waals surface area contributed by atoms with E-state index in [9.17, 15) is 9.59 Å². The van der Waals surface area contributed by atoms with Crippen LogP contribution in [0.3, 0.4) is 0 Å². The van der Waals surface area contributed by atoms with E-state index in [1.807, 2.05) is 9.80 Å². The van der Waals surface area contributed by atoms with Gasteiger partial charge in [0.25, 0.3) is 0 Å². The predicted octanol–water partition coefficient (Wildman–Crippen LogP) is 1.03. The number of ether oxygens (including phenoxy) is 1. The van der Waals surface area contributed by atoms with Gasteiger partial charge in [-0.2, -0.15) is 0 Å². The van der Waals surface area contributed by atoms with Gasteiger partial charge in [-0.1, -0.05) is 6.42 Å². The third-order valence-electron chi connectivity index (χ3n) is 4.04. The third-order valence-corrected chi connectivity index (χ3v) is 4.04. The summed E-state index contributed by atoms with van der Waals surface area (Å²) < 4.78 is 5.13. The quantitative estimate of drug-likeness (QED) is 0.765. The lowest BCUT2D eigenvalue weighted by molar-refractivity contribution is -0.145. The minimum atomic E-state index is 0.0703. The molecule has 0 spiro atoms. The number of amides is 2. The SMILES string of the molecule is CC(CCN1CCCCCC1=O)N1CCOCC1=O. The van der Waals surface area contributed by atoms with Crippen LogP contribution in [0.2, 0.25) is 0 Å². The third kappa shape index (κ3) is 3.93. The summed E-state index contributed by atoms with van der Waals surface area (Å²) in [5, 5.41) is 0. The fraction of sp³-hybridized carbons (Fsp3) is 0.857. The van der Waals surface area contributed by atoms with Crippen LogP contribution in [0.5, 0.6) is 0 Å². The van der Waals surface area contributed by atoms with Gasteiger partial charge in [0.15, 0.2) is 0 Å². The Kier molecular flexibility index (Phi) is 5.19. The summed E-state index contributed by atoms with van der Waals surface area (Å²) in [7, 11) is 0. The molecule has 1 atom stereocenters. The number of nitrogens with zero attached hydrogens (tertiary/aromatic N) is 2. The molecule has 2 aliphatic rings. The van der Waals surface area contributed by atoms with Crippen LogP contribution in [0.1, 0.15) is 39.0 Å². The highest BCUT2D eigenvalue weighted by molar-refractivity contribution is 5.78. The monoisotopic (exact) mass is 268 g/mol. The molecule has 5 heteroatoms. The Morgan fingerprint density at radius 2 is 2.00 bits per heavy atom. The molecule has 0 bridgehead atoms. The number of carbonyl (C=O) groups excluding carboxylic acids is 2. The molecular formula is C14H24N2O3. The first-order valence-corrected chi connectivity index (χ1v) is 7.33. The second kappa shape index (κ2) is 6.89. The molecule has 1 unspecified atom stereocenters. The summed E-state index contributed by atoms with van der Waals surface area (Å²) in [4.78, 5) is 27.5. The van der Waals surface area contributed by atoms with Gasteiger partial charge in [-0.15, -0.1) is 0 Å². The van der Waals surface area contributed by atoms with Gasteiger partial charge in [-0.25, -0.2) is 0 Å². The van der Waals surface area contributed by atoms with Gasteiger partial charge in [-0.05, 0) is 26.2 Å². The van der Waals surface area contributed by atoms with Crippen LogP contribution in [0.15, 0.2) is 0 Å². The summed E-state index contributed by atoms with van der Waals surface area (Å²) in [5.41, 5.74) is 0. The minimum Gasteiger partial charge on any atom is -0.370 e. The standard InChI is InChI=1S/C14H24N2O3/c1-12(16-9-10-19-11-14(16)18)6-8-15-7-4-2-3-5-13(15)17/h12H,2-11H2,1H3. The van der Waals surface area contributed by atoms with E-state index >= 15 is 0 Å². The Balaban J connectivity index is 1.80. The molecule has 0 aromatic heterocycles. The fourth-order valence-electron chi connectivity index (χ4n) is 2.77. The first-order chi connectivity index (χ1) is 9.18. The van der Waals surface area contributed by atoms with Crippen LogP contribution in [0.25, 0.3) is 0 Å². The zero-order valence-electron chi connectivity index (χ0n) is 11.8. The summed E-state index contributed by atoms with van der Waals surface area (Å²) >= 11 is 0. The highest BCUT2D eigenvalue weighted by Gasteiger charge is 2.24. The molecule has 2 fully saturated rings. The van der Waals surface area contributed by atoms with Gasteiger partial charge in [-0.3, -0.25) is 9.59 Å². The van der Waals surface area contributed by atoms with Crippen LogP contribution in [-0.2, 0) is 14.3 Å². The largest absolute Gasteiger partial charge is 0.370 e. The van der Waals surface area contributed by atoms with E-state index in [-0.39, 0.29) is 24.5 Å². The lowest BCUT2D eigenvalue weighted by Crippen LogP contribution is -2.47. The number of hydrogen-bond donors (Lipinski definition) is 0. The second-order valence-corrected chi connectivity index (χ2v) is 5.47. The van der Waals surface area contributed by atoms with Crippen LogP contribution < -0.4 is 0 Å². The first-order valence-electron chi connectivity index (χ1n) is 7.33. The van der Waals surface area contributed by atoms with Crippen molar-refractivity contribution in [1.82, 2.24) is 9.80 Å². The Morgan fingerprint density at radius 3 is 2.79 bits per heavy atom. The zero-order chi connectivity index (χ0) is 13.7. The average molecular weight is 268 g/mol. The second-order valence-electron chi connectivity index (χ2n) is 5.47. The van der Waals surface area contributed by atoms with Crippen molar-refractivity contribution in [3.05, 3.63) is 0 Å². The van der Waals surface area contributed by atoms with Gasteiger partial charge in [0.2, 0.25) is 11.8 Å². The molecule has 0 aliphatic carbocycles. The van der Waals surface area contributed by atoms with Crippen molar-refractivity contribution in [1.29, 1.82) is 0 Å². The summed E-state index contributed by atoms with van der Waals surface area (Å²) in [6, 6.07) is 0.187. The number of likely N-dealkylation sites (tertiary alicyclic amines) is 1. The zero-order valence-corrected chi connectivity index (χ0v) is 11.8. The van der Waals surface area contributed by atoms with Gasteiger partial charge in [0.05, 0.1) is 6.61 Å². The Labute approximate surface area is 114 Å². The lowest BCUT2D eigenvalue weighted by Gasteiger charge is -2.33. The van der Waals surface area contributed by atoms with E-state index in [0.29, 0.717) is 19.6 Å². The molecule has 2 amide bonds. The molecule has 2 aliphatic heterocycles. The highest BCUT2D eigenvalue weighted by atomic mass is 16.5. The van der Waals surface area contributed by atoms with E-state index in [1.165, 1.54) is 0 Å². The van der Waals surface area contributed by atoms with E-state index < -0.39 is 0 Å². The molecular weight excluding hydrogens is 244 g/mol. The summed E-state index contributed by atoms with van der Waals surface area (Å²) in [5.74, 6) is 0.346. The Morgan fingerprint density at radius 1 is 1.16 bits per heavy atom. The van der Waals surface area contributed by atoms with Crippen molar-refractivity contribution in [3.63, 3.8) is 0 Å². The van der Waals surface area contributed by atoms with E-state index in [4.69, 9.17) is 4.74 Å². The number of rotatable bonds is 4. The topological polar surface area (TPSA) is 49.9 Å². The van der Waals surface area contributed by atoms with Crippen molar-refractivity contribution >= 4 is 11.8 Å². The summed E-state index contributed by atoms with van der Waals surface area (Å²) in [6.45, 7) is 5.21. The number of morpholine rings is 1. The van der Waals surface area contributed by atoms with Crippen LogP contribution in [0, 0.1) is 0 Å². The fourth-order valence-corrected chi connectivity index (χ4v) is 2.77. The van der Waals surface area contributed by atoms with Crippen LogP contribution in [0.4, 0.5) is 0 Å². The van der Waals surface area contributed by atoms with Crippen molar-refractivity contribution in [3.8, 4) is 0 Å². The molecule has 19 heavy (non-hydrogen) atoms. The van der Waals surface area contributed by atoms with Crippen molar-refractivity contribution < 1.29 is 14.3 Å².